The minimum atomic E-state index is -0.225. The number of aliphatic imine (C=N–C) groups is 1. The van der Waals surface area contributed by atoms with Crippen LogP contribution in [-0.2, 0) is 0 Å². The zero-order chi connectivity index (χ0) is 13.9. The molecule has 2 aromatic carbocycles. The number of hydrogen-bond acceptors (Lipinski definition) is 1. The Bertz CT molecular complexity index is 667. The lowest BCUT2D eigenvalue weighted by atomic mass is 10.1. The van der Waals surface area contributed by atoms with Crippen molar-refractivity contribution >= 4 is 29.0 Å². The number of amides is 2. The van der Waals surface area contributed by atoms with E-state index in [1.165, 1.54) is 0 Å². The molecule has 20 heavy (non-hydrogen) atoms. The van der Waals surface area contributed by atoms with Gasteiger partial charge in [-0.1, -0.05) is 41.9 Å². The quantitative estimate of drug-likeness (QED) is 0.815. The van der Waals surface area contributed by atoms with Crippen molar-refractivity contribution in [1.29, 1.82) is 0 Å². The summed E-state index contributed by atoms with van der Waals surface area (Å²) in [6, 6.07) is 16.8. The van der Waals surface area contributed by atoms with E-state index in [2.05, 4.69) is 4.99 Å². The first-order valence-electron chi connectivity index (χ1n) is 6.44. The number of benzene rings is 2. The molecule has 0 saturated carbocycles. The highest BCUT2D eigenvalue weighted by molar-refractivity contribution is 6.31. The maximum absolute atomic E-state index is 12.2. The molecule has 0 spiro atoms. The van der Waals surface area contributed by atoms with Crippen LogP contribution in [0.2, 0.25) is 5.02 Å². The molecule has 3 rings (SSSR count). The van der Waals surface area contributed by atoms with E-state index in [1.54, 1.807) is 4.90 Å². The summed E-state index contributed by atoms with van der Waals surface area (Å²) in [7, 11) is 0. The number of halogens is 1. The second-order valence-electron chi connectivity index (χ2n) is 4.59. The summed E-state index contributed by atoms with van der Waals surface area (Å²) < 4.78 is 0. The fraction of sp³-hybridized carbons (Fsp3) is 0.125. The number of para-hydroxylation sites is 1. The summed E-state index contributed by atoms with van der Waals surface area (Å²) in [6.45, 7) is 0.633. The van der Waals surface area contributed by atoms with E-state index in [-0.39, 0.29) is 6.03 Å². The fourth-order valence-corrected chi connectivity index (χ4v) is 2.46. The van der Waals surface area contributed by atoms with Gasteiger partial charge in [-0.2, -0.15) is 4.99 Å². The average Bonchev–Trinajstić information content (AvgIpc) is 2.48. The van der Waals surface area contributed by atoms with E-state index < -0.39 is 0 Å². The maximum atomic E-state index is 12.2. The molecule has 0 fully saturated rings. The van der Waals surface area contributed by atoms with Gasteiger partial charge in [0.15, 0.2) is 0 Å². The molecule has 4 heteroatoms. The lowest BCUT2D eigenvalue weighted by molar-refractivity contribution is 0.253. The Morgan fingerprint density at radius 3 is 2.55 bits per heavy atom. The summed E-state index contributed by atoms with van der Waals surface area (Å²) in [5, 5.41) is 0.656. The fourth-order valence-electron chi connectivity index (χ4n) is 2.27. The van der Waals surface area contributed by atoms with Gasteiger partial charge >= 0.3 is 6.03 Å². The van der Waals surface area contributed by atoms with Crippen LogP contribution >= 0.6 is 11.6 Å². The number of carbonyl (C=O) groups is 1. The molecule has 0 N–H and O–H groups in total. The Morgan fingerprint density at radius 1 is 1.05 bits per heavy atom. The molecule has 1 heterocycles. The summed E-state index contributed by atoms with van der Waals surface area (Å²) in [4.78, 5) is 18.1. The van der Waals surface area contributed by atoms with Gasteiger partial charge in [0.05, 0.1) is 5.71 Å². The highest BCUT2D eigenvalue weighted by Gasteiger charge is 2.22. The normalized spacial score (nSPS) is 15.2. The zero-order valence-corrected chi connectivity index (χ0v) is 11.5. The number of anilines is 1. The average molecular weight is 285 g/mol. The van der Waals surface area contributed by atoms with Gasteiger partial charge in [-0.25, -0.2) is 4.79 Å². The van der Waals surface area contributed by atoms with Gasteiger partial charge in [0.2, 0.25) is 0 Å². The van der Waals surface area contributed by atoms with Crippen LogP contribution in [0, 0.1) is 0 Å². The predicted octanol–water partition coefficient (Wildman–Crippen LogP) is 4.16. The maximum Gasteiger partial charge on any atom is 0.348 e. The molecule has 1 aliphatic heterocycles. The van der Waals surface area contributed by atoms with Crippen molar-refractivity contribution in [3.05, 3.63) is 65.2 Å². The summed E-state index contributed by atoms with van der Waals surface area (Å²) in [5.74, 6) is 0. The van der Waals surface area contributed by atoms with Gasteiger partial charge in [0.25, 0.3) is 0 Å². The number of hydrogen-bond donors (Lipinski definition) is 0. The molecule has 0 saturated heterocycles. The smallest absolute Gasteiger partial charge is 0.292 e. The van der Waals surface area contributed by atoms with Crippen LogP contribution in [0.25, 0.3) is 0 Å². The molecule has 0 unspecified atom stereocenters. The molecule has 0 aliphatic carbocycles. The Labute approximate surface area is 122 Å². The Morgan fingerprint density at radius 2 is 1.85 bits per heavy atom. The molecule has 0 aromatic heterocycles. The third kappa shape index (κ3) is 2.58. The first kappa shape index (κ1) is 12.9. The van der Waals surface area contributed by atoms with Crippen LogP contribution < -0.4 is 4.90 Å². The highest BCUT2D eigenvalue weighted by atomic mass is 35.5. The Hall–Kier alpha value is -2.13. The minimum Gasteiger partial charge on any atom is -0.292 e. The van der Waals surface area contributed by atoms with Crippen molar-refractivity contribution < 1.29 is 4.79 Å². The van der Waals surface area contributed by atoms with Gasteiger partial charge in [-0.15, -0.1) is 0 Å². The van der Waals surface area contributed by atoms with E-state index in [0.717, 1.165) is 23.4 Å². The SMILES string of the molecule is O=C1N=C(c2cccc(Cl)c2)CCN1c1ccccc1. The van der Waals surface area contributed by atoms with Gasteiger partial charge in [-0.3, -0.25) is 4.90 Å². The van der Waals surface area contributed by atoms with Crippen molar-refractivity contribution in [2.75, 3.05) is 11.4 Å². The zero-order valence-electron chi connectivity index (χ0n) is 10.8. The van der Waals surface area contributed by atoms with Crippen LogP contribution in [0.4, 0.5) is 10.5 Å². The Balaban J connectivity index is 1.87. The van der Waals surface area contributed by atoms with Crippen molar-refractivity contribution in [1.82, 2.24) is 0 Å². The third-order valence-electron chi connectivity index (χ3n) is 3.26. The summed E-state index contributed by atoms with van der Waals surface area (Å²) >= 11 is 5.97. The molecule has 2 amide bonds. The number of rotatable bonds is 2. The predicted molar refractivity (Wildman–Crippen MR) is 81.8 cm³/mol. The minimum absolute atomic E-state index is 0.225. The summed E-state index contributed by atoms with van der Waals surface area (Å²) in [6.07, 6.45) is 0.723. The molecule has 0 bridgehead atoms. The van der Waals surface area contributed by atoms with Crippen LogP contribution in [0.5, 0.6) is 0 Å². The third-order valence-corrected chi connectivity index (χ3v) is 3.49. The summed E-state index contributed by atoms with van der Waals surface area (Å²) in [5.41, 5.74) is 2.59. The van der Waals surface area contributed by atoms with Crippen LogP contribution in [0.3, 0.4) is 0 Å². The number of carbonyl (C=O) groups excluding carboxylic acids is 1. The highest BCUT2D eigenvalue weighted by Crippen LogP contribution is 2.21. The van der Waals surface area contributed by atoms with E-state index >= 15 is 0 Å². The van der Waals surface area contributed by atoms with Crippen LogP contribution in [-0.4, -0.2) is 18.3 Å². The standard InChI is InChI=1S/C16H13ClN2O/c17-13-6-4-5-12(11-13)15-9-10-19(16(20)18-15)14-7-2-1-3-8-14/h1-8,11H,9-10H2. The number of nitrogens with zero attached hydrogens (tertiary/aromatic N) is 2. The lowest BCUT2D eigenvalue weighted by Crippen LogP contribution is -2.35. The van der Waals surface area contributed by atoms with Crippen molar-refractivity contribution in [3.8, 4) is 0 Å². The first-order valence-corrected chi connectivity index (χ1v) is 6.82. The van der Waals surface area contributed by atoms with E-state index in [0.29, 0.717) is 11.6 Å². The first-order chi connectivity index (χ1) is 9.74. The second-order valence-corrected chi connectivity index (χ2v) is 5.03. The number of urea groups is 1. The Kier molecular flexibility index (Phi) is 3.52. The van der Waals surface area contributed by atoms with Gasteiger partial charge in [-0.05, 0) is 29.8 Å². The lowest BCUT2D eigenvalue weighted by Gasteiger charge is -2.25. The van der Waals surface area contributed by atoms with Gasteiger partial charge < -0.3 is 0 Å². The molecule has 1 aliphatic rings. The largest absolute Gasteiger partial charge is 0.348 e. The van der Waals surface area contributed by atoms with E-state index in [1.807, 2.05) is 54.6 Å². The van der Waals surface area contributed by atoms with Crippen LogP contribution in [0.15, 0.2) is 59.6 Å². The molecule has 0 radical (unpaired) electrons. The topological polar surface area (TPSA) is 32.7 Å². The van der Waals surface area contributed by atoms with Gasteiger partial charge in [0.1, 0.15) is 0 Å². The second kappa shape index (κ2) is 5.47. The van der Waals surface area contributed by atoms with Crippen molar-refractivity contribution in [2.24, 2.45) is 4.99 Å². The van der Waals surface area contributed by atoms with Crippen LogP contribution in [0.1, 0.15) is 12.0 Å². The van der Waals surface area contributed by atoms with Crippen molar-refractivity contribution in [3.63, 3.8) is 0 Å². The molecule has 3 nitrogen and oxygen atoms in total. The molecule has 100 valence electrons. The molecular formula is C16H13ClN2O. The van der Waals surface area contributed by atoms with Gasteiger partial charge in [0, 0.05) is 23.7 Å². The van der Waals surface area contributed by atoms with E-state index in [4.69, 9.17) is 11.6 Å². The molecule has 0 atom stereocenters. The molecule has 2 aromatic rings. The van der Waals surface area contributed by atoms with E-state index in [9.17, 15) is 4.79 Å². The van der Waals surface area contributed by atoms with Crippen molar-refractivity contribution in [2.45, 2.75) is 6.42 Å². The molecular weight excluding hydrogens is 272 g/mol. The monoisotopic (exact) mass is 284 g/mol.